The lowest BCUT2D eigenvalue weighted by Gasteiger charge is -2.25. The van der Waals surface area contributed by atoms with Crippen LogP contribution in [0, 0.1) is 17.6 Å². The van der Waals surface area contributed by atoms with Crippen LogP contribution < -0.4 is 5.32 Å². The molecule has 1 aromatic carbocycles. The smallest absolute Gasteiger partial charge is 0.251 e. The highest BCUT2D eigenvalue weighted by molar-refractivity contribution is 5.94. The van der Waals surface area contributed by atoms with E-state index in [-0.39, 0.29) is 17.5 Å². The van der Waals surface area contributed by atoms with Crippen LogP contribution in [-0.4, -0.2) is 35.9 Å². The number of nitrogens with one attached hydrogen (secondary N) is 1. The summed E-state index contributed by atoms with van der Waals surface area (Å²) < 4.78 is 26.2. The number of halogens is 2. The van der Waals surface area contributed by atoms with Crippen molar-refractivity contribution < 1.29 is 13.6 Å². The Balaban J connectivity index is 1.67. The standard InChI is InChI=1S/C18H19F2N3O/c1-23-8-6-14(17(23)13-3-2-7-21-10-13)11-22-18(24)12-4-5-15(19)16(20)9-12/h2-5,7,9-10,14,17H,6,8,11H2,1H3,(H,22,24)/t14-,17-/m0/s1. The van der Waals surface area contributed by atoms with Gasteiger partial charge in [0, 0.05) is 30.5 Å². The monoisotopic (exact) mass is 331 g/mol. The van der Waals surface area contributed by atoms with Gasteiger partial charge in [-0.3, -0.25) is 14.7 Å². The van der Waals surface area contributed by atoms with Crippen LogP contribution in [0.15, 0.2) is 42.7 Å². The Bertz CT molecular complexity index is 723. The highest BCUT2D eigenvalue weighted by Crippen LogP contribution is 2.35. The topological polar surface area (TPSA) is 45.2 Å². The molecule has 1 N–H and O–H groups in total. The highest BCUT2D eigenvalue weighted by atomic mass is 19.2. The molecule has 2 atom stereocenters. The van der Waals surface area contributed by atoms with Gasteiger partial charge < -0.3 is 5.32 Å². The number of nitrogens with zero attached hydrogens (tertiary/aromatic N) is 2. The lowest BCUT2D eigenvalue weighted by molar-refractivity contribution is 0.0943. The summed E-state index contributed by atoms with van der Waals surface area (Å²) in [5, 5.41) is 2.83. The predicted molar refractivity (Wildman–Crippen MR) is 86.4 cm³/mol. The van der Waals surface area contributed by atoms with Crippen LogP contribution >= 0.6 is 0 Å². The molecule has 126 valence electrons. The van der Waals surface area contributed by atoms with Gasteiger partial charge in [-0.15, -0.1) is 0 Å². The van der Waals surface area contributed by atoms with Crippen molar-refractivity contribution in [2.45, 2.75) is 12.5 Å². The van der Waals surface area contributed by atoms with E-state index in [1.807, 2.05) is 18.3 Å². The zero-order valence-corrected chi connectivity index (χ0v) is 13.4. The molecule has 24 heavy (non-hydrogen) atoms. The van der Waals surface area contributed by atoms with Crippen LogP contribution in [0.5, 0.6) is 0 Å². The molecule has 6 heteroatoms. The van der Waals surface area contributed by atoms with Crippen LogP contribution in [0.2, 0.25) is 0 Å². The molecule has 1 amide bonds. The van der Waals surface area contributed by atoms with Crippen molar-refractivity contribution in [3.63, 3.8) is 0 Å². The minimum atomic E-state index is -1.02. The van der Waals surface area contributed by atoms with Crippen molar-refractivity contribution in [2.24, 2.45) is 5.92 Å². The van der Waals surface area contributed by atoms with E-state index in [0.29, 0.717) is 6.54 Å². The van der Waals surface area contributed by atoms with Crippen molar-refractivity contribution in [1.82, 2.24) is 15.2 Å². The van der Waals surface area contributed by atoms with Gasteiger partial charge in [0.05, 0.1) is 0 Å². The fourth-order valence-electron chi connectivity index (χ4n) is 3.28. The predicted octanol–water partition coefficient (Wildman–Crippen LogP) is 2.78. The number of carbonyl (C=O) groups is 1. The maximum absolute atomic E-state index is 13.2. The summed E-state index contributed by atoms with van der Waals surface area (Å²) in [6, 6.07) is 7.29. The molecule has 2 aromatic rings. The molecular formula is C18H19F2N3O. The van der Waals surface area contributed by atoms with E-state index in [1.54, 1.807) is 6.20 Å². The summed E-state index contributed by atoms with van der Waals surface area (Å²) >= 11 is 0. The Morgan fingerprint density at radius 1 is 1.33 bits per heavy atom. The van der Waals surface area contributed by atoms with Crippen molar-refractivity contribution in [2.75, 3.05) is 20.1 Å². The second kappa shape index (κ2) is 7.05. The molecule has 1 aromatic heterocycles. The van der Waals surface area contributed by atoms with Gasteiger partial charge in [-0.2, -0.15) is 0 Å². The molecule has 2 heterocycles. The summed E-state index contributed by atoms with van der Waals surface area (Å²) in [5.41, 5.74) is 1.24. The lowest BCUT2D eigenvalue weighted by atomic mass is 9.94. The first-order valence-electron chi connectivity index (χ1n) is 7.89. The Kier molecular flexibility index (Phi) is 4.85. The zero-order valence-electron chi connectivity index (χ0n) is 13.4. The van der Waals surface area contributed by atoms with Crippen LogP contribution in [0.3, 0.4) is 0 Å². The molecule has 1 aliphatic heterocycles. The van der Waals surface area contributed by atoms with Gasteiger partial charge in [-0.25, -0.2) is 8.78 Å². The maximum atomic E-state index is 13.2. The summed E-state index contributed by atoms with van der Waals surface area (Å²) in [6.07, 6.45) is 4.53. The number of likely N-dealkylation sites (tertiary alicyclic amines) is 1. The first-order valence-corrected chi connectivity index (χ1v) is 7.89. The Morgan fingerprint density at radius 2 is 2.17 bits per heavy atom. The second-order valence-corrected chi connectivity index (χ2v) is 6.10. The minimum Gasteiger partial charge on any atom is -0.352 e. The number of carbonyl (C=O) groups excluding carboxylic acids is 1. The van der Waals surface area contributed by atoms with Gasteiger partial charge in [0.1, 0.15) is 0 Å². The number of hydrogen-bond acceptors (Lipinski definition) is 3. The van der Waals surface area contributed by atoms with Gasteiger partial charge in [0.2, 0.25) is 0 Å². The summed E-state index contributed by atoms with van der Waals surface area (Å²) in [5.74, 6) is -2.13. The fraction of sp³-hybridized carbons (Fsp3) is 0.333. The summed E-state index contributed by atoms with van der Waals surface area (Å²) in [4.78, 5) is 18.6. The van der Waals surface area contributed by atoms with E-state index in [9.17, 15) is 13.6 Å². The van der Waals surface area contributed by atoms with Crippen LogP contribution in [0.4, 0.5) is 8.78 Å². The maximum Gasteiger partial charge on any atom is 0.251 e. The van der Waals surface area contributed by atoms with Gasteiger partial charge in [0.25, 0.3) is 5.91 Å². The SMILES string of the molecule is CN1CC[C@@H](CNC(=O)c2ccc(F)c(F)c2)[C@@H]1c1cccnc1. The Morgan fingerprint density at radius 3 is 2.88 bits per heavy atom. The van der Waals surface area contributed by atoms with Crippen molar-refractivity contribution in [3.05, 3.63) is 65.5 Å². The quantitative estimate of drug-likeness (QED) is 0.937. The summed E-state index contributed by atoms with van der Waals surface area (Å²) in [7, 11) is 2.05. The van der Waals surface area contributed by atoms with E-state index in [4.69, 9.17) is 0 Å². The molecule has 1 aliphatic rings. The Labute approximate surface area is 139 Å². The first-order chi connectivity index (χ1) is 11.6. The van der Waals surface area contributed by atoms with Crippen molar-refractivity contribution in [1.29, 1.82) is 0 Å². The lowest BCUT2D eigenvalue weighted by Crippen LogP contribution is -2.32. The van der Waals surface area contributed by atoms with E-state index in [2.05, 4.69) is 22.2 Å². The van der Waals surface area contributed by atoms with Gasteiger partial charge in [-0.05, 0) is 55.8 Å². The molecule has 4 nitrogen and oxygen atoms in total. The van der Waals surface area contributed by atoms with E-state index < -0.39 is 17.5 Å². The largest absolute Gasteiger partial charge is 0.352 e. The normalized spacial score (nSPS) is 21.0. The number of aromatic nitrogens is 1. The van der Waals surface area contributed by atoms with Gasteiger partial charge in [-0.1, -0.05) is 6.07 Å². The second-order valence-electron chi connectivity index (χ2n) is 6.10. The highest BCUT2D eigenvalue weighted by Gasteiger charge is 2.33. The third-order valence-electron chi connectivity index (χ3n) is 4.51. The fourth-order valence-corrected chi connectivity index (χ4v) is 3.28. The average molecular weight is 331 g/mol. The molecule has 1 fully saturated rings. The van der Waals surface area contributed by atoms with E-state index in [0.717, 1.165) is 30.7 Å². The zero-order chi connectivity index (χ0) is 17.1. The molecule has 0 saturated carbocycles. The van der Waals surface area contributed by atoms with Gasteiger partial charge >= 0.3 is 0 Å². The van der Waals surface area contributed by atoms with Gasteiger partial charge in [0.15, 0.2) is 11.6 Å². The van der Waals surface area contributed by atoms with Crippen LogP contribution in [0.1, 0.15) is 28.4 Å². The number of rotatable bonds is 4. The van der Waals surface area contributed by atoms with Crippen LogP contribution in [-0.2, 0) is 0 Å². The molecule has 1 saturated heterocycles. The van der Waals surface area contributed by atoms with E-state index in [1.165, 1.54) is 6.07 Å². The third-order valence-corrected chi connectivity index (χ3v) is 4.51. The van der Waals surface area contributed by atoms with E-state index >= 15 is 0 Å². The van der Waals surface area contributed by atoms with Crippen LogP contribution in [0.25, 0.3) is 0 Å². The molecule has 0 radical (unpaired) electrons. The molecule has 0 unspecified atom stereocenters. The Hall–Kier alpha value is -2.34. The summed E-state index contributed by atoms with van der Waals surface area (Å²) in [6.45, 7) is 1.41. The number of hydrogen-bond donors (Lipinski definition) is 1. The third kappa shape index (κ3) is 3.43. The molecule has 0 bridgehead atoms. The number of benzene rings is 1. The van der Waals surface area contributed by atoms with Crippen molar-refractivity contribution >= 4 is 5.91 Å². The number of pyridine rings is 1. The number of amides is 1. The molecule has 3 rings (SSSR count). The average Bonchev–Trinajstić information content (AvgIpc) is 2.96. The molecule has 0 aliphatic carbocycles. The van der Waals surface area contributed by atoms with Crippen molar-refractivity contribution in [3.8, 4) is 0 Å². The molecule has 0 spiro atoms. The minimum absolute atomic E-state index is 0.123. The first kappa shape index (κ1) is 16.5. The molecular weight excluding hydrogens is 312 g/mol.